The maximum atomic E-state index is 9.07. The first-order valence-electron chi connectivity index (χ1n) is 5.99. The highest BCUT2D eigenvalue weighted by atomic mass is 16.5. The Labute approximate surface area is 117 Å². The van der Waals surface area contributed by atoms with Gasteiger partial charge in [0, 0.05) is 6.07 Å². The number of benzene rings is 2. The summed E-state index contributed by atoms with van der Waals surface area (Å²) in [5.74, 6) is 0.419. The van der Waals surface area contributed by atoms with E-state index in [1.54, 1.807) is 18.2 Å². The molecule has 0 amide bonds. The SMILES string of the molecule is N#Cc1ccc(N=C(N)N)cc1OCc1ccccc1. The van der Waals surface area contributed by atoms with Crippen molar-refractivity contribution in [2.45, 2.75) is 6.61 Å². The first-order chi connectivity index (χ1) is 9.69. The Morgan fingerprint density at radius 2 is 1.90 bits per heavy atom. The molecule has 4 N–H and O–H groups in total. The van der Waals surface area contributed by atoms with Gasteiger partial charge in [-0.15, -0.1) is 0 Å². The van der Waals surface area contributed by atoms with E-state index >= 15 is 0 Å². The monoisotopic (exact) mass is 266 g/mol. The summed E-state index contributed by atoms with van der Waals surface area (Å²) < 4.78 is 5.66. The van der Waals surface area contributed by atoms with Gasteiger partial charge in [0.25, 0.3) is 0 Å². The largest absolute Gasteiger partial charge is 0.487 e. The lowest BCUT2D eigenvalue weighted by Gasteiger charge is -2.08. The molecule has 0 aliphatic heterocycles. The van der Waals surface area contributed by atoms with Gasteiger partial charge in [0.05, 0.1) is 11.3 Å². The molecule has 0 heterocycles. The maximum Gasteiger partial charge on any atom is 0.191 e. The van der Waals surface area contributed by atoms with Gasteiger partial charge in [-0.25, -0.2) is 4.99 Å². The van der Waals surface area contributed by atoms with Gasteiger partial charge in [0.1, 0.15) is 18.4 Å². The fraction of sp³-hybridized carbons (Fsp3) is 0.0667. The Bertz CT molecular complexity index is 655. The molecule has 2 rings (SSSR count). The van der Waals surface area contributed by atoms with E-state index in [4.69, 9.17) is 21.5 Å². The van der Waals surface area contributed by atoms with Crippen molar-refractivity contribution in [3.8, 4) is 11.8 Å². The van der Waals surface area contributed by atoms with E-state index in [9.17, 15) is 0 Å². The molecule has 5 heteroatoms. The second-order valence-electron chi connectivity index (χ2n) is 4.10. The minimum Gasteiger partial charge on any atom is -0.487 e. The van der Waals surface area contributed by atoms with Crippen LogP contribution < -0.4 is 16.2 Å². The maximum absolute atomic E-state index is 9.07. The first-order valence-corrected chi connectivity index (χ1v) is 5.99. The van der Waals surface area contributed by atoms with Crippen LogP contribution in [-0.2, 0) is 6.61 Å². The third kappa shape index (κ3) is 3.50. The number of guanidine groups is 1. The van der Waals surface area contributed by atoms with Gasteiger partial charge in [-0.2, -0.15) is 5.26 Å². The van der Waals surface area contributed by atoms with Crippen LogP contribution in [0.3, 0.4) is 0 Å². The lowest BCUT2D eigenvalue weighted by atomic mass is 10.2. The Kier molecular flexibility index (Phi) is 4.20. The van der Waals surface area contributed by atoms with Crippen molar-refractivity contribution in [3.63, 3.8) is 0 Å². The quantitative estimate of drug-likeness (QED) is 0.653. The van der Waals surface area contributed by atoms with Crippen LogP contribution in [0.1, 0.15) is 11.1 Å². The number of hydrogen-bond acceptors (Lipinski definition) is 3. The predicted octanol–water partition coefficient (Wildman–Crippen LogP) is 2.04. The van der Waals surface area contributed by atoms with Gasteiger partial charge in [0.15, 0.2) is 5.96 Å². The molecule has 0 atom stereocenters. The summed E-state index contributed by atoms with van der Waals surface area (Å²) in [6.07, 6.45) is 0. The molecule has 0 spiro atoms. The topological polar surface area (TPSA) is 97.4 Å². The standard InChI is InChI=1S/C15H14N4O/c16-9-12-6-7-13(19-15(17)18)8-14(12)20-10-11-4-2-1-3-5-11/h1-8H,10H2,(H4,17,18,19). The predicted molar refractivity (Wildman–Crippen MR) is 77.4 cm³/mol. The smallest absolute Gasteiger partial charge is 0.191 e. The number of nitriles is 1. The van der Waals surface area contributed by atoms with Gasteiger partial charge in [0.2, 0.25) is 0 Å². The number of aliphatic imine (C=N–C) groups is 1. The molecule has 0 bridgehead atoms. The minimum absolute atomic E-state index is 0.0382. The highest BCUT2D eigenvalue weighted by Crippen LogP contribution is 2.25. The van der Waals surface area contributed by atoms with Gasteiger partial charge < -0.3 is 16.2 Å². The zero-order valence-electron chi connectivity index (χ0n) is 10.8. The number of hydrogen-bond donors (Lipinski definition) is 2. The van der Waals surface area contributed by atoms with Crippen molar-refractivity contribution in [1.29, 1.82) is 5.26 Å². The Hall–Kier alpha value is -3.00. The van der Waals surface area contributed by atoms with Crippen LogP contribution in [0.15, 0.2) is 53.5 Å². The molecule has 2 aromatic carbocycles. The van der Waals surface area contributed by atoms with Crippen LogP contribution in [0.4, 0.5) is 5.69 Å². The van der Waals surface area contributed by atoms with Crippen LogP contribution in [0.5, 0.6) is 5.75 Å². The number of ether oxygens (including phenoxy) is 1. The lowest BCUT2D eigenvalue weighted by molar-refractivity contribution is 0.305. The van der Waals surface area contributed by atoms with Crippen LogP contribution in [0, 0.1) is 11.3 Å². The Morgan fingerprint density at radius 3 is 2.55 bits per heavy atom. The second-order valence-corrected chi connectivity index (χ2v) is 4.10. The molecule has 0 aliphatic carbocycles. The van der Waals surface area contributed by atoms with Crippen molar-refractivity contribution >= 4 is 11.6 Å². The normalized spacial score (nSPS) is 9.55. The third-order valence-electron chi connectivity index (χ3n) is 2.58. The summed E-state index contributed by atoms with van der Waals surface area (Å²) in [6.45, 7) is 0.376. The van der Waals surface area contributed by atoms with Crippen LogP contribution >= 0.6 is 0 Å². The number of nitrogens with zero attached hydrogens (tertiary/aromatic N) is 2. The van der Waals surface area contributed by atoms with Crippen molar-refractivity contribution in [3.05, 3.63) is 59.7 Å². The van der Waals surface area contributed by atoms with Crippen molar-refractivity contribution < 1.29 is 4.74 Å². The van der Waals surface area contributed by atoms with Gasteiger partial charge in [-0.05, 0) is 17.7 Å². The fourth-order valence-electron chi connectivity index (χ4n) is 1.68. The van der Waals surface area contributed by atoms with E-state index in [0.29, 0.717) is 23.6 Å². The summed E-state index contributed by atoms with van der Waals surface area (Å²) >= 11 is 0. The van der Waals surface area contributed by atoms with Crippen LogP contribution in [0.2, 0.25) is 0 Å². The number of nitrogens with two attached hydrogens (primary N) is 2. The molecule has 20 heavy (non-hydrogen) atoms. The zero-order valence-corrected chi connectivity index (χ0v) is 10.8. The van der Waals surface area contributed by atoms with Crippen LogP contribution in [0.25, 0.3) is 0 Å². The van der Waals surface area contributed by atoms with Crippen LogP contribution in [-0.4, -0.2) is 5.96 Å². The fourth-order valence-corrected chi connectivity index (χ4v) is 1.68. The molecule has 100 valence electrons. The summed E-state index contributed by atoms with van der Waals surface area (Å²) in [6, 6.07) is 16.7. The highest BCUT2D eigenvalue weighted by Gasteiger charge is 2.05. The molecule has 0 radical (unpaired) electrons. The Balaban J connectivity index is 2.21. The minimum atomic E-state index is -0.0382. The van der Waals surface area contributed by atoms with Crippen molar-refractivity contribution in [2.75, 3.05) is 0 Å². The highest BCUT2D eigenvalue weighted by molar-refractivity contribution is 5.79. The van der Waals surface area contributed by atoms with E-state index in [-0.39, 0.29) is 5.96 Å². The molecule has 0 unspecified atom stereocenters. The zero-order chi connectivity index (χ0) is 14.4. The van der Waals surface area contributed by atoms with E-state index in [2.05, 4.69) is 11.1 Å². The van der Waals surface area contributed by atoms with E-state index in [1.165, 1.54) is 0 Å². The van der Waals surface area contributed by atoms with Gasteiger partial charge in [-0.3, -0.25) is 0 Å². The van der Waals surface area contributed by atoms with Gasteiger partial charge in [-0.1, -0.05) is 30.3 Å². The van der Waals surface area contributed by atoms with E-state index < -0.39 is 0 Å². The summed E-state index contributed by atoms with van der Waals surface area (Å²) in [5.41, 5.74) is 12.7. The molecular formula is C15H14N4O. The summed E-state index contributed by atoms with van der Waals surface area (Å²) in [5, 5.41) is 9.07. The van der Waals surface area contributed by atoms with Crippen molar-refractivity contribution in [1.82, 2.24) is 0 Å². The van der Waals surface area contributed by atoms with E-state index in [0.717, 1.165) is 5.56 Å². The molecular weight excluding hydrogens is 252 g/mol. The first kappa shape index (κ1) is 13.4. The molecule has 2 aromatic rings. The molecule has 0 aromatic heterocycles. The third-order valence-corrected chi connectivity index (χ3v) is 2.58. The molecule has 0 saturated heterocycles. The molecule has 0 saturated carbocycles. The number of rotatable bonds is 4. The van der Waals surface area contributed by atoms with Gasteiger partial charge >= 0.3 is 0 Å². The molecule has 0 aliphatic rings. The van der Waals surface area contributed by atoms with Crippen molar-refractivity contribution in [2.24, 2.45) is 16.5 Å². The summed E-state index contributed by atoms with van der Waals surface area (Å²) in [7, 11) is 0. The van der Waals surface area contributed by atoms with E-state index in [1.807, 2.05) is 30.3 Å². The molecule has 0 fully saturated rings. The molecule has 5 nitrogen and oxygen atoms in total. The second kappa shape index (κ2) is 6.25. The Morgan fingerprint density at radius 1 is 1.15 bits per heavy atom. The average Bonchev–Trinajstić information content (AvgIpc) is 2.46. The average molecular weight is 266 g/mol. The lowest BCUT2D eigenvalue weighted by Crippen LogP contribution is -2.21. The summed E-state index contributed by atoms with van der Waals surface area (Å²) in [4.78, 5) is 3.93.